The van der Waals surface area contributed by atoms with Crippen molar-refractivity contribution in [3.05, 3.63) is 81.8 Å². The van der Waals surface area contributed by atoms with E-state index >= 15 is 0 Å². The van der Waals surface area contributed by atoms with Crippen molar-refractivity contribution in [2.24, 2.45) is 17.8 Å². The fourth-order valence-electron chi connectivity index (χ4n) is 12.0. The maximum absolute atomic E-state index is 14.8. The Morgan fingerprint density at radius 2 is 1.24 bits per heavy atom. The predicted octanol–water partition coefficient (Wildman–Crippen LogP) is 3.34. The lowest BCUT2D eigenvalue weighted by atomic mass is 9.92. The molecule has 1 aliphatic rings. The van der Waals surface area contributed by atoms with Gasteiger partial charge in [0.05, 0.1) is 12.5 Å². The van der Waals surface area contributed by atoms with E-state index in [-0.39, 0.29) is 90.8 Å². The number of carboxylic acids is 5. The molecule has 1 aliphatic heterocycles. The monoisotopic (exact) mass is 1690 g/mol. The highest BCUT2D eigenvalue weighted by atomic mass is 33.1. The number of ether oxygens (including phenoxy) is 2. The molecule has 642 valence electrons. The Hall–Kier alpha value is -10.4. The highest BCUT2D eigenvalue weighted by molar-refractivity contribution is 8.76. The molecule has 116 heavy (non-hydrogen) atoms. The van der Waals surface area contributed by atoms with E-state index < -0.39 is 207 Å². The number of aliphatic hydroxyl groups is 1. The molecule has 3 aromatic rings. The number of phenols is 1. The largest absolute Gasteiger partial charge is 0.508 e. The summed E-state index contributed by atoms with van der Waals surface area (Å²) in [6, 6.07) is 1.00. The zero-order valence-corrected chi connectivity index (χ0v) is 68.4. The minimum atomic E-state index is -1.79. The second kappa shape index (κ2) is 50.8. The summed E-state index contributed by atoms with van der Waals surface area (Å²) >= 11 is 0.994. The van der Waals surface area contributed by atoms with Gasteiger partial charge in [0, 0.05) is 79.5 Å². The molecule has 41 heteroatoms. The van der Waals surface area contributed by atoms with Gasteiger partial charge in [-0.3, -0.25) is 63.1 Å². The second-order valence-electron chi connectivity index (χ2n) is 28.5. The first-order valence-corrected chi connectivity index (χ1v) is 41.3. The summed E-state index contributed by atoms with van der Waals surface area (Å²) in [5, 5.41) is 90.6. The van der Waals surface area contributed by atoms with Gasteiger partial charge in [0.25, 0.3) is 5.91 Å². The van der Waals surface area contributed by atoms with Gasteiger partial charge in [-0.1, -0.05) is 118 Å². The van der Waals surface area contributed by atoms with E-state index in [1.165, 1.54) is 29.3 Å². The number of hydrogen-bond acceptors (Lipinski definition) is 25. The molecular formula is C75H109N13O25S3. The number of aromatic nitrogens is 1. The summed E-state index contributed by atoms with van der Waals surface area (Å²) in [4.78, 5) is 214. The number of rotatable bonds is 51. The molecule has 0 spiro atoms. The average molecular weight is 1690 g/mol. The van der Waals surface area contributed by atoms with E-state index in [0.717, 1.165) is 52.3 Å². The number of esters is 1. The number of piperidine rings is 1. The van der Waals surface area contributed by atoms with Crippen LogP contribution in [0.3, 0.4) is 0 Å². The van der Waals surface area contributed by atoms with Crippen LogP contribution in [0.1, 0.15) is 178 Å². The number of hydrazine groups is 1. The minimum Gasteiger partial charge on any atom is -0.508 e. The molecule has 1 fully saturated rings. The molecule has 4 rings (SSSR count). The summed E-state index contributed by atoms with van der Waals surface area (Å²) in [5.41, 5.74) is 5.52. The van der Waals surface area contributed by atoms with E-state index in [1.54, 1.807) is 49.4 Å². The van der Waals surface area contributed by atoms with E-state index in [4.69, 9.17) is 14.6 Å². The Bertz CT molecular complexity index is 3810. The number of nitrogens with zero attached hydrogens (tertiary/aromatic N) is 3. The molecule has 0 bridgehead atoms. The highest BCUT2D eigenvalue weighted by Gasteiger charge is 2.40. The summed E-state index contributed by atoms with van der Waals surface area (Å²) in [6.45, 7) is 12.3. The van der Waals surface area contributed by atoms with Crippen molar-refractivity contribution >= 4 is 128 Å². The van der Waals surface area contributed by atoms with Crippen LogP contribution >= 0.6 is 32.9 Å². The Balaban J connectivity index is 1.31. The number of aliphatic hydroxyl groups excluding tert-OH is 1. The number of thiazole rings is 1. The van der Waals surface area contributed by atoms with E-state index in [2.05, 4.69) is 47.7 Å². The zero-order chi connectivity index (χ0) is 86.3. The minimum absolute atomic E-state index is 0.00791. The molecule has 13 atom stereocenters. The normalized spacial score (nSPS) is 15.8. The molecule has 11 amide bonds. The number of aliphatic carboxylic acids is 5. The lowest BCUT2D eigenvalue weighted by molar-refractivity contribution is -0.159. The number of carbonyl (C=O) groups is 16. The molecule has 2 aromatic carbocycles. The number of nitrogens with one attached hydrogen (secondary N) is 10. The maximum atomic E-state index is 14.8. The van der Waals surface area contributed by atoms with Crippen LogP contribution in [0, 0.1) is 17.8 Å². The average Bonchev–Trinajstić information content (AvgIpc) is 1.20. The second-order valence-corrected chi connectivity index (χ2v) is 32.0. The van der Waals surface area contributed by atoms with Crippen molar-refractivity contribution in [3.63, 3.8) is 0 Å². The predicted molar refractivity (Wildman–Crippen MR) is 422 cm³/mol. The molecule has 1 aromatic heterocycles. The van der Waals surface area contributed by atoms with Crippen molar-refractivity contribution in [3.8, 4) is 5.75 Å². The van der Waals surface area contributed by atoms with E-state index in [9.17, 15) is 107 Å². The quantitative estimate of drug-likeness (QED) is 0.0127. The third-order valence-electron chi connectivity index (χ3n) is 18.8. The van der Waals surface area contributed by atoms with Crippen LogP contribution in [0.4, 0.5) is 9.59 Å². The van der Waals surface area contributed by atoms with Gasteiger partial charge in [-0.05, 0) is 107 Å². The highest BCUT2D eigenvalue weighted by Crippen LogP contribution is 2.30. The number of benzene rings is 2. The van der Waals surface area contributed by atoms with Crippen LogP contribution in [0.5, 0.6) is 5.75 Å². The van der Waals surface area contributed by atoms with Crippen LogP contribution in [-0.2, 0) is 84.6 Å². The molecule has 38 nitrogen and oxygen atoms in total. The van der Waals surface area contributed by atoms with Gasteiger partial charge >= 0.3 is 47.9 Å². The van der Waals surface area contributed by atoms with Crippen LogP contribution in [0.2, 0.25) is 0 Å². The number of aromatic hydroxyl groups is 1. The molecule has 0 saturated carbocycles. The summed E-state index contributed by atoms with van der Waals surface area (Å²) in [5.74, 6) is -15.7. The van der Waals surface area contributed by atoms with Gasteiger partial charge in [0.1, 0.15) is 65.4 Å². The number of hydrogen-bond donors (Lipinski definition) is 17. The van der Waals surface area contributed by atoms with Crippen LogP contribution in [0.25, 0.3) is 0 Å². The van der Waals surface area contributed by atoms with Crippen LogP contribution < -0.4 is 53.4 Å². The molecular weight excluding hydrogens is 1580 g/mol. The fraction of sp³-hybridized carbons (Fsp3) is 0.587. The van der Waals surface area contributed by atoms with Crippen LogP contribution in [0.15, 0.2) is 60.0 Å². The third-order valence-corrected chi connectivity index (χ3v) is 22.1. The molecule has 0 aliphatic carbocycles. The Labute approximate surface area is 682 Å². The van der Waals surface area contributed by atoms with Gasteiger partial charge < -0.3 is 92.7 Å². The number of carboxylic acid groups (broad SMARTS) is 5. The van der Waals surface area contributed by atoms with Gasteiger partial charge in [-0.25, -0.2) is 34.4 Å². The van der Waals surface area contributed by atoms with Crippen LogP contribution in [-0.4, -0.2) is 245 Å². The van der Waals surface area contributed by atoms with Gasteiger partial charge in [-0.15, -0.1) is 11.3 Å². The van der Waals surface area contributed by atoms with Crippen molar-refractivity contribution < 1.29 is 122 Å². The number of urea groups is 1. The Kier molecular flexibility index (Phi) is 42.9. The first-order valence-electron chi connectivity index (χ1n) is 38.0. The smallest absolute Gasteiger partial charge is 0.426 e. The number of carbonyl (C=O) groups excluding carboxylic acids is 11. The van der Waals surface area contributed by atoms with Crippen molar-refractivity contribution in [1.82, 2.24) is 68.2 Å². The summed E-state index contributed by atoms with van der Waals surface area (Å²) < 4.78 is 10.8. The van der Waals surface area contributed by atoms with Crippen molar-refractivity contribution in [2.75, 3.05) is 38.4 Å². The van der Waals surface area contributed by atoms with Gasteiger partial charge in [0.15, 0.2) is 6.73 Å². The topological polar surface area (TPSA) is 573 Å². The molecule has 17 N–H and O–H groups in total. The molecule has 1 saturated heterocycles. The maximum Gasteiger partial charge on any atom is 0.426 e. The van der Waals surface area contributed by atoms with Gasteiger partial charge in [-0.2, -0.15) is 0 Å². The first-order chi connectivity index (χ1) is 54.9. The number of amides is 11. The lowest BCUT2D eigenvalue weighted by Crippen LogP contribution is -2.59. The van der Waals surface area contributed by atoms with Crippen molar-refractivity contribution in [2.45, 2.75) is 224 Å². The standard InChI is InChI=1S/C75H109N13O25S3/c1-9-16-62(97)113-40-88(70(103)63(42(5)10-2)84-68(102)55-19-14-15-30-87(55)8)56(41(3)4)37-57(90)69-81-53(38-114-69)67(101)77-47(34-46-21-23-48(89)24-22-46)33-43(6)64(98)85-86-75(111)112-31-32-115-116-39-54(73(108)109)80-65(99)51(35-45-17-12-11-13-18-45)79-66(100)52(36-61(95)96)78-59(92)27-20-44(7)76-58(91)28-25-49(71(104)105)82-74(110)83-50(72(106)107)26-29-60(93)94/h11-13,17-18,21-24,38,41-44,47,49-52,54-57,63,89-90H,9-10,14-16,19-20,25-37,39-40H2,1-8H3,(H,76,91)(H,77,101)(H,78,92)(H,79,100)(H,80,99)(H,84,102)(H,85,98)(H,86,111)(H,93,94)(H,95,96)(H,104,105)(H,106,107)(H,108,109)(H2,82,83,110)/t42?,43-,44+,47+,49-,50-,51+,52-,54+,55+,56+,57+,63-/m0/s1. The van der Waals surface area contributed by atoms with E-state index in [1.807, 2.05) is 57.2 Å². The molecule has 1 unspecified atom stereocenters. The molecule has 2 heterocycles. The fourth-order valence-corrected chi connectivity index (χ4v) is 14.8. The third kappa shape index (κ3) is 35.8. The Morgan fingerprint density at radius 3 is 1.84 bits per heavy atom. The Morgan fingerprint density at radius 1 is 0.629 bits per heavy atom. The molecule has 0 radical (unpaired) electrons. The number of likely N-dealkylation sites (tertiary alicyclic amines) is 1. The first kappa shape index (κ1) is 98.0. The lowest BCUT2D eigenvalue weighted by Gasteiger charge is -2.39. The van der Waals surface area contributed by atoms with E-state index in [0.29, 0.717) is 30.4 Å². The van der Waals surface area contributed by atoms with Crippen molar-refractivity contribution in [1.29, 1.82) is 0 Å². The SMILES string of the molecule is CCCC(=O)OCN(C(=O)[C@@H](NC(=O)[C@H]1CCCCN1C)C(C)CC)[C@H](C[C@@H](O)c1nc(C(=O)N[C@@H](Cc2ccc(O)cc2)C[C@H](C)C(=O)NNC(=O)OCCSSC[C@@H](NC(=O)[C@@H](Cc2ccccc2)NC(=O)[C@H](CC(=O)O)NC(=O)CC[C@@H](C)NC(=O)CC[C@H](NC(=O)N[C@@H](CCC(=O)O)C(=O)O)C(=O)O)C(=O)O)cs1)C(C)C. The van der Waals surface area contributed by atoms with Gasteiger partial charge in [0.2, 0.25) is 41.4 Å². The zero-order valence-electron chi connectivity index (χ0n) is 66.0. The summed E-state index contributed by atoms with van der Waals surface area (Å²) in [6.07, 6.45) is -2.65. The summed E-state index contributed by atoms with van der Waals surface area (Å²) in [7, 11) is 3.87. The number of likely N-dealkylation sites (N-methyl/N-ethyl adjacent to an activating group) is 1. The number of phenolic OH excluding ortho intramolecular Hbond substituents is 1.